The van der Waals surface area contributed by atoms with Gasteiger partial charge in [0.2, 0.25) is 0 Å². The molecule has 23 heavy (non-hydrogen) atoms. The van der Waals surface area contributed by atoms with Gasteiger partial charge in [-0.1, -0.05) is 48.5 Å². The molecule has 4 aromatic rings. The van der Waals surface area contributed by atoms with E-state index in [4.69, 9.17) is 0 Å². The second-order valence-electron chi connectivity index (χ2n) is 5.45. The molecule has 0 atom stereocenters. The van der Waals surface area contributed by atoms with Crippen molar-refractivity contribution in [2.24, 2.45) is 0 Å². The van der Waals surface area contributed by atoms with Crippen molar-refractivity contribution in [1.29, 1.82) is 0 Å². The lowest BCUT2D eigenvalue weighted by molar-refractivity contribution is 0.448. The quantitative estimate of drug-likeness (QED) is 0.295. The predicted molar refractivity (Wildman–Crippen MR) is 86.8 cm³/mol. The fourth-order valence-corrected chi connectivity index (χ4v) is 3.02. The van der Waals surface area contributed by atoms with E-state index in [1.807, 2.05) is 54.6 Å². The highest BCUT2D eigenvalue weighted by Crippen LogP contribution is 2.37. The molecule has 4 aromatic carbocycles. The Morgan fingerprint density at radius 3 is 1.57 bits per heavy atom. The Kier molecular flexibility index (Phi) is 3.08. The number of hydrogen-bond acceptors (Lipinski definition) is 0. The molecule has 4 rings (SSSR count). The Morgan fingerprint density at radius 2 is 1.04 bits per heavy atom. The molecule has 0 fully saturated rings. The first-order chi connectivity index (χ1) is 11.1. The molecule has 0 N–H and O–H groups in total. The minimum atomic E-state index is -1.45. The average Bonchev–Trinajstić information content (AvgIpc) is 2.57. The molecule has 3 heteroatoms. The van der Waals surface area contributed by atoms with Crippen LogP contribution in [0.3, 0.4) is 0 Å². The highest BCUT2D eigenvalue weighted by Gasteiger charge is 2.15. The zero-order chi connectivity index (χ0) is 16.0. The van der Waals surface area contributed by atoms with Crippen LogP contribution in [0.5, 0.6) is 0 Å². The fraction of sp³-hybridized carbons (Fsp3) is 0. The molecule has 0 bridgehead atoms. The van der Waals surface area contributed by atoms with Crippen LogP contribution in [0.2, 0.25) is 0 Å². The van der Waals surface area contributed by atoms with Gasteiger partial charge in [0.15, 0.2) is 17.5 Å². The van der Waals surface area contributed by atoms with Gasteiger partial charge in [-0.2, -0.15) is 0 Å². The van der Waals surface area contributed by atoms with E-state index in [1.165, 1.54) is 0 Å². The summed E-state index contributed by atoms with van der Waals surface area (Å²) in [5.74, 6) is -3.81. The Morgan fingerprint density at radius 1 is 0.565 bits per heavy atom. The normalized spacial score (nSPS) is 11.3. The molecule has 0 spiro atoms. The standard InChI is InChI=1S/C20H11F3/c21-17-10-14(11-18(22)20(17)23)19-15-7-3-1-5-12(15)9-13-6-2-4-8-16(13)19/h1-11H. The largest absolute Gasteiger partial charge is 0.204 e. The van der Waals surface area contributed by atoms with E-state index >= 15 is 0 Å². The topological polar surface area (TPSA) is 0 Å². The van der Waals surface area contributed by atoms with E-state index in [0.717, 1.165) is 33.7 Å². The van der Waals surface area contributed by atoms with Gasteiger partial charge in [-0.15, -0.1) is 0 Å². The Labute approximate surface area is 130 Å². The van der Waals surface area contributed by atoms with E-state index in [-0.39, 0.29) is 0 Å². The molecule has 0 radical (unpaired) electrons. The Balaban J connectivity index is 2.19. The minimum Gasteiger partial charge on any atom is -0.204 e. The van der Waals surface area contributed by atoms with Gasteiger partial charge in [0, 0.05) is 0 Å². The van der Waals surface area contributed by atoms with Crippen LogP contribution in [0.25, 0.3) is 32.7 Å². The van der Waals surface area contributed by atoms with Gasteiger partial charge < -0.3 is 0 Å². The van der Waals surface area contributed by atoms with Gasteiger partial charge in [0.25, 0.3) is 0 Å². The maximum absolute atomic E-state index is 13.7. The summed E-state index contributed by atoms with van der Waals surface area (Å²) in [7, 11) is 0. The Bertz CT molecular complexity index is 974. The van der Waals surface area contributed by atoms with Crippen molar-refractivity contribution < 1.29 is 13.2 Å². The van der Waals surface area contributed by atoms with E-state index in [9.17, 15) is 13.2 Å². The molecule has 0 aliphatic rings. The average molecular weight is 308 g/mol. The van der Waals surface area contributed by atoms with Crippen molar-refractivity contribution in [3.8, 4) is 11.1 Å². The molecule has 0 saturated heterocycles. The van der Waals surface area contributed by atoms with Gasteiger partial charge in [-0.25, -0.2) is 13.2 Å². The van der Waals surface area contributed by atoms with Crippen LogP contribution in [-0.4, -0.2) is 0 Å². The van der Waals surface area contributed by atoms with Crippen LogP contribution in [-0.2, 0) is 0 Å². The first-order valence-corrected chi connectivity index (χ1v) is 7.20. The highest BCUT2D eigenvalue weighted by atomic mass is 19.2. The van der Waals surface area contributed by atoms with Crippen molar-refractivity contribution in [3.05, 3.63) is 84.2 Å². The number of hydrogen-bond donors (Lipinski definition) is 0. The maximum Gasteiger partial charge on any atom is 0.194 e. The summed E-state index contributed by atoms with van der Waals surface area (Å²) < 4.78 is 40.7. The molecular formula is C20H11F3. The SMILES string of the molecule is Fc1cc(-c2c3ccccc3cc3ccccc23)cc(F)c1F. The van der Waals surface area contributed by atoms with E-state index in [0.29, 0.717) is 11.1 Å². The van der Waals surface area contributed by atoms with Gasteiger partial charge in [0.1, 0.15) is 0 Å². The van der Waals surface area contributed by atoms with E-state index < -0.39 is 17.5 Å². The summed E-state index contributed by atoms with van der Waals surface area (Å²) >= 11 is 0. The molecule has 0 aliphatic carbocycles. The monoisotopic (exact) mass is 308 g/mol. The molecule has 112 valence electrons. The van der Waals surface area contributed by atoms with E-state index in [1.54, 1.807) is 0 Å². The zero-order valence-electron chi connectivity index (χ0n) is 12.0. The number of fused-ring (bicyclic) bond motifs is 2. The predicted octanol–water partition coefficient (Wildman–Crippen LogP) is 6.08. The lowest BCUT2D eigenvalue weighted by Gasteiger charge is -2.12. The first kappa shape index (κ1) is 13.8. The molecule has 0 aromatic heterocycles. The van der Waals surface area contributed by atoms with Crippen LogP contribution >= 0.6 is 0 Å². The summed E-state index contributed by atoms with van der Waals surface area (Å²) in [5.41, 5.74) is 1.03. The van der Waals surface area contributed by atoms with Gasteiger partial charge in [-0.05, 0) is 50.9 Å². The summed E-state index contributed by atoms with van der Waals surface area (Å²) in [6.07, 6.45) is 0. The zero-order valence-corrected chi connectivity index (χ0v) is 12.0. The van der Waals surface area contributed by atoms with Crippen molar-refractivity contribution in [2.75, 3.05) is 0 Å². The number of benzene rings is 4. The summed E-state index contributed by atoms with van der Waals surface area (Å²) in [5, 5.41) is 3.67. The molecule has 0 amide bonds. The fourth-order valence-electron chi connectivity index (χ4n) is 3.02. The number of halogens is 3. The molecule has 0 heterocycles. The van der Waals surface area contributed by atoms with Crippen LogP contribution in [0, 0.1) is 17.5 Å². The summed E-state index contributed by atoms with van der Waals surface area (Å²) in [6, 6.07) is 19.4. The summed E-state index contributed by atoms with van der Waals surface area (Å²) in [4.78, 5) is 0. The molecule has 0 unspecified atom stereocenters. The van der Waals surface area contributed by atoms with Crippen LogP contribution in [0.4, 0.5) is 13.2 Å². The van der Waals surface area contributed by atoms with Crippen molar-refractivity contribution in [2.45, 2.75) is 0 Å². The maximum atomic E-state index is 13.7. The molecule has 0 nitrogen and oxygen atoms in total. The van der Waals surface area contributed by atoms with E-state index in [2.05, 4.69) is 0 Å². The van der Waals surface area contributed by atoms with Gasteiger partial charge >= 0.3 is 0 Å². The highest BCUT2D eigenvalue weighted by molar-refractivity contribution is 6.12. The third kappa shape index (κ3) is 2.16. The summed E-state index contributed by atoms with van der Waals surface area (Å²) in [6.45, 7) is 0. The molecular weight excluding hydrogens is 297 g/mol. The minimum absolute atomic E-state index is 0.328. The third-order valence-corrected chi connectivity index (χ3v) is 4.04. The second kappa shape index (κ2) is 5.13. The van der Waals surface area contributed by atoms with Gasteiger partial charge in [-0.3, -0.25) is 0 Å². The lowest BCUT2D eigenvalue weighted by Crippen LogP contribution is -1.93. The third-order valence-electron chi connectivity index (χ3n) is 4.04. The number of rotatable bonds is 1. The smallest absolute Gasteiger partial charge is 0.194 e. The lowest BCUT2D eigenvalue weighted by atomic mass is 9.92. The molecule has 0 saturated carbocycles. The molecule has 0 aliphatic heterocycles. The second-order valence-corrected chi connectivity index (χ2v) is 5.45. The van der Waals surface area contributed by atoms with Crippen molar-refractivity contribution in [1.82, 2.24) is 0 Å². The first-order valence-electron chi connectivity index (χ1n) is 7.20. The van der Waals surface area contributed by atoms with Crippen LogP contribution < -0.4 is 0 Å². The Hall–Kier alpha value is -2.81. The van der Waals surface area contributed by atoms with Crippen LogP contribution in [0.15, 0.2) is 66.7 Å². The van der Waals surface area contributed by atoms with Gasteiger partial charge in [0.05, 0.1) is 0 Å². The van der Waals surface area contributed by atoms with Crippen molar-refractivity contribution >= 4 is 21.5 Å². The van der Waals surface area contributed by atoms with Crippen molar-refractivity contribution in [3.63, 3.8) is 0 Å². The van der Waals surface area contributed by atoms with Crippen LogP contribution in [0.1, 0.15) is 0 Å².